The Kier molecular flexibility index (Phi) is 6.22. The van der Waals surface area contributed by atoms with Gasteiger partial charge in [-0.25, -0.2) is 4.79 Å². The topological polar surface area (TPSA) is 37.3 Å². The highest BCUT2D eigenvalue weighted by atomic mass is 16.4. The summed E-state index contributed by atoms with van der Waals surface area (Å²) in [6.45, 7) is 11.4. The molecule has 0 fully saturated rings. The number of carbonyl (C=O) groups is 1. The number of carboxylic acid groups (broad SMARTS) is 1. The second-order valence-electron chi connectivity index (χ2n) is 10.2. The molecule has 2 aliphatic carbocycles. The molecule has 29 heavy (non-hydrogen) atoms. The van der Waals surface area contributed by atoms with E-state index in [4.69, 9.17) is 5.11 Å². The van der Waals surface area contributed by atoms with Crippen LogP contribution in [-0.2, 0) is 15.6 Å². The van der Waals surface area contributed by atoms with Crippen molar-refractivity contribution in [1.82, 2.24) is 0 Å². The fourth-order valence-electron chi connectivity index (χ4n) is 4.87. The normalized spacial score (nSPS) is 21.8. The van der Waals surface area contributed by atoms with Crippen LogP contribution in [0.2, 0.25) is 0 Å². The van der Waals surface area contributed by atoms with Crippen LogP contribution in [0, 0.1) is 0 Å². The molecule has 0 bridgehead atoms. The molecule has 0 unspecified atom stereocenters. The van der Waals surface area contributed by atoms with E-state index in [1.165, 1.54) is 66.0 Å². The van der Waals surface area contributed by atoms with E-state index in [-0.39, 0.29) is 10.8 Å². The smallest absolute Gasteiger partial charge is 0.328 e. The largest absolute Gasteiger partial charge is 0.478 e. The van der Waals surface area contributed by atoms with Crippen LogP contribution >= 0.6 is 0 Å². The van der Waals surface area contributed by atoms with Crippen molar-refractivity contribution in [2.45, 2.75) is 90.4 Å². The molecule has 0 amide bonds. The Morgan fingerprint density at radius 2 is 1.62 bits per heavy atom. The maximum atomic E-state index is 10.9. The van der Waals surface area contributed by atoms with Crippen molar-refractivity contribution in [3.8, 4) is 0 Å². The van der Waals surface area contributed by atoms with Gasteiger partial charge in [-0.3, -0.25) is 0 Å². The summed E-state index contributed by atoms with van der Waals surface area (Å²) in [6.07, 6.45) is 13.7. The Labute approximate surface area is 176 Å². The summed E-state index contributed by atoms with van der Waals surface area (Å²) < 4.78 is 0. The van der Waals surface area contributed by atoms with Crippen molar-refractivity contribution >= 4 is 11.5 Å². The SMILES string of the molecule is CC(C=CC1=C(c2ccc3c(c2)C(C)(C)CCC3(C)C)CCCCC1)=CC(=O)O. The van der Waals surface area contributed by atoms with Crippen LogP contribution in [0.1, 0.15) is 96.3 Å². The first-order valence-electron chi connectivity index (χ1n) is 11.1. The molecule has 0 heterocycles. The third-order valence-electron chi connectivity index (χ3n) is 6.86. The third-order valence-corrected chi connectivity index (χ3v) is 6.86. The van der Waals surface area contributed by atoms with Crippen molar-refractivity contribution in [1.29, 1.82) is 0 Å². The van der Waals surface area contributed by atoms with E-state index in [0.29, 0.717) is 0 Å². The monoisotopic (exact) mass is 392 g/mol. The van der Waals surface area contributed by atoms with E-state index in [9.17, 15) is 4.79 Å². The zero-order chi connectivity index (χ0) is 21.2. The average molecular weight is 393 g/mol. The Morgan fingerprint density at radius 1 is 0.966 bits per heavy atom. The maximum Gasteiger partial charge on any atom is 0.328 e. The van der Waals surface area contributed by atoms with E-state index >= 15 is 0 Å². The number of carboxylic acids is 1. The van der Waals surface area contributed by atoms with Gasteiger partial charge in [-0.2, -0.15) is 0 Å². The summed E-state index contributed by atoms with van der Waals surface area (Å²) in [5.41, 5.74) is 8.42. The highest BCUT2D eigenvalue weighted by Gasteiger charge is 2.37. The van der Waals surface area contributed by atoms with Crippen LogP contribution in [-0.4, -0.2) is 11.1 Å². The minimum absolute atomic E-state index is 0.211. The van der Waals surface area contributed by atoms with E-state index in [1.54, 1.807) is 0 Å². The molecule has 2 aliphatic rings. The van der Waals surface area contributed by atoms with Crippen LogP contribution in [0.25, 0.3) is 5.57 Å². The van der Waals surface area contributed by atoms with Gasteiger partial charge in [0.1, 0.15) is 0 Å². The lowest BCUT2D eigenvalue weighted by atomic mass is 9.63. The summed E-state index contributed by atoms with van der Waals surface area (Å²) in [4.78, 5) is 10.9. The van der Waals surface area contributed by atoms with Gasteiger partial charge in [0, 0.05) is 6.08 Å². The molecule has 3 rings (SSSR count). The molecule has 0 spiro atoms. The number of rotatable bonds is 4. The van der Waals surface area contributed by atoms with Crippen molar-refractivity contribution in [3.63, 3.8) is 0 Å². The second kappa shape index (κ2) is 8.34. The van der Waals surface area contributed by atoms with E-state index in [0.717, 1.165) is 18.4 Å². The number of hydrogen-bond acceptors (Lipinski definition) is 1. The Balaban J connectivity index is 2.07. The van der Waals surface area contributed by atoms with Crippen LogP contribution in [0.5, 0.6) is 0 Å². The van der Waals surface area contributed by atoms with Crippen molar-refractivity contribution < 1.29 is 9.90 Å². The van der Waals surface area contributed by atoms with Gasteiger partial charge < -0.3 is 5.11 Å². The number of fused-ring (bicyclic) bond motifs is 1. The van der Waals surface area contributed by atoms with Gasteiger partial charge in [0.2, 0.25) is 0 Å². The van der Waals surface area contributed by atoms with Crippen molar-refractivity contribution in [2.75, 3.05) is 0 Å². The lowest BCUT2D eigenvalue weighted by Gasteiger charge is -2.42. The molecule has 2 heteroatoms. The fourth-order valence-corrected chi connectivity index (χ4v) is 4.87. The summed E-state index contributed by atoms with van der Waals surface area (Å²) in [5.74, 6) is -0.887. The van der Waals surface area contributed by atoms with Crippen LogP contribution in [0.15, 0.2) is 47.6 Å². The number of aliphatic carboxylic acids is 1. The first-order chi connectivity index (χ1) is 13.6. The van der Waals surface area contributed by atoms with E-state index in [1.807, 2.05) is 13.0 Å². The predicted octanol–water partition coefficient (Wildman–Crippen LogP) is 7.34. The summed E-state index contributed by atoms with van der Waals surface area (Å²) in [5, 5.41) is 8.98. The molecule has 2 nitrogen and oxygen atoms in total. The molecule has 1 N–H and O–H groups in total. The Morgan fingerprint density at radius 3 is 2.31 bits per heavy atom. The molecule has 0 aromatic heterocycles. The lowest BCUT2D eigenvalue weighted by Crippen LogP contribution is -2.33. The molecular formula is C27H36O2. The third kappa shape index (κ3) is 4.91. The van der Waals surface area contributed by atoms with E-state index in [2.05, 4.69) is 52.0 Å². The zero-order valence-electron chi connectivity index (χ0n) is 18.8. The van der Waals surface area contributed by atoms with Gasteiger partial charge in [-0.05, 0) is 89.7 Å². The Hall–Kier alpha value is -2.09. The summed E-state index contributed by atoms with van der Waals surface area (Å²) in [7, 11) is 0. The first kappa shape index (κ1) is 21.6. The molecule has 0 aliphatic heterocycles. The lowest BCUT2D eigenvalue weighted by molar-refractivity contribution is -0.131. The maximum absolute atomic E-state index is 10.9. The summed E-state index contributed by atoms with van der Waals surface area (Å²) >= 11 is 0. The quantitative estimate of drug-likeness (QED) is 0.430. The zero-order valence-corrected chi connectivity index (χ0v) is 18.8. The highest BCUT2D eigenvalue weighted by Crippen LogP contribution is 2.47. The standard InChI is InChI=1S/C27H36O2/c1-19(17-25(28)29)11-12-20-9-7-6-8-10-22(20)21-13-14-23-24(18-21)27(4,5)16-15-26(23,2)3/h11-14,17-18H,6-10,15-16H2,1-5H3,(H,28,29). The molecule has 0 saturated heterocycles. The second-order valence-corrected chi connectivity index (χ2v) is 10.2. The minimum Gasteiger partial charge on any atom is -0.478 e. The van der Waals surface area contributed by atoms with Gasteiger partial charge >= 0.3 is 5.97 Å². The average Bonchev–Trinajstić information content (AvgIpc) is 2.88. The number of hydrogen-bond donors (Lipinski definition) is 1. The van der Waals surface area contributed by atoms with Gasteiger partial charge in [0.25, 0.3) is 0 Å². The molecule has 0 saturated carbocycles. The molecule has 1 aromatic carbocycles. The van der Waals surface area contributed by atoms with Crippen LogP contribution in [0.4, 0.5) is 0 Å². The summed E-state index contributed by atoms with van der Waals surface area (Å²) in [6, 6.07) is 7.17. The van der Waals surface area contributed by atoms with Crippen LogP contribution in [0.3, 0.4) is 0 Å². The Bertz CT molecular complexity index is 878. The fraction of sp³-hybridized carbons (Fsp3) is 0.519. The highest BCUT2D eigenvalue weighted by molar-refractivity contribution is 5.81. The first-order valence-corrected chi connectivity index (χ1v) is 11.1. The van der Waals surface area contributed by atoms with Gasteiger partial charge in [-0.15, -0.1) is 0 Å². The molecule has 0 atom stereocenters. The molecule has 1 aromatic rings. The minimum atomic E-state index is -0.887. The molecular weight excluding hydrogens is 356 g/mol. The van der Waals surface area contributed by atoms with Gasteiger partial charge in [0.15, 0.2) is 0 Å². The molecule has 156 valence electrons. The number of allylic oxidation sites excluding steroid dienone is 5. The predicted molar refractivity (Wildman–Crippen MR) is 122 cm³/mol. The van der Waals surface area contributed by atoms with Crippen LogP contribution < -0.4 is 0 Å². The molecule has 0 radical (unpaired) electrons. The van der Waals surface area contributed by atoms with Gasteiger partial charge in [0.05, 0.1) is 0 Å². The van der Waals surface area contributed by atoms with Crippen molar-refractivity contribution in [3.05, 3.63) is 64.3 Å². The number of benzene rings is 1. The van der Waals surface area contributed by atoms with Gasteiger partial charge in [-0.1, -0.05) is 64.5 Å². The van der Waals surface area contributed by atoms with E-state index < -0.39 is 5.97 Å². The van der Waals surface area contributed by atoms with Crippen molar-refractivity contribution in [2.24, 2.45) is 0 Å².